The molecular formula is C13H21N3O2. The maximum atomic E-state index is 11.9. The Bertz CT molecular complexity index is 422. The molecule has 1 aromatic rings. The summed E-state index contributed by atoms with van der Waals surface area (Å²) >= 11 is 0. The van der Waals surface area contributed by atoms with E-state index in [1.54, 1.807) is 6.92 Å². The molecule has 18 heavy (non-hydrogen) atoms. The Morgan fingerprint density at radius 2 is 2.11 bits per heavy atom. The van der Waals surface area contributed by atoms with E-state index >= 15 is 0 Å². The third-order valence-corrected chi connectivity index (χ3v) is 3.81. The maximum Gasteiger partial charge on any atom is 0.376 e. The van der Waals surface area contributed by atoms with E-state index in [1.807, 2.05) is 11.5 Å². The number of hydrogen-bond acceptors (Lipinski definition) is 4. The van der Waals surface area contributed by atoms with Crippen molar-refractivity contribution in [2.45, 2.75) is 52.5 Å². The molecule has 5 nitrogen and oxygen atoms in total. The normalized spacial score (nSPS) is 17.9. The highest BCUT2D eigenvalue weighted by atomic mass is 16.5. The first kappa shape index (κ1) is 13.1. The van der Waals surface area contributed by atoms with Crippen LogP contribution >= 0.6 is 0 Å². The van der Waals surface area contributed by atoms with Crippen LogP contribution in [0.1, 0.15) is 62.0 Å². The molecule has 0 aromatic carbocycles. The van der Waals surface area contributed by atoms with Crippen molar-refractivity contribution in [3.8, 4) is 0 Å². The van der Waals surface area contributed by atoms with Crippen molar-refractivity contribution in [1.29, 1.82) is 0 Å². The minimum Gasteiger partial charge on any atom is -0.460 e. The zero-order chi connectivity index (χ0) is 13.1. The molecule has 1 unspecified atom stereocenters. The van der Waals surface area contributed by atoms with Crippen LogP contribution in [0, 0.1) is 12.8 Å². The number of hydrogen-bond donors (Lipinski definition) is 0. The lowest BCUT2D eigenvalue weighted by molar-refractivity contribution is 0.0501. The van der Waals surface area contributed by atoms with Gasteiger partial charge in [0, 0.05) is 6.04 Å². The molecule has 0 radical (unpaired) electrons. The second-order valence-electron chi connectivity index (χ2n) is 4.95. The van der Waals surface area contributed by atoms with E-state index in [9.17, 15) is 4.79 Å². The molecule has 1 aliphatic rings. The van der Waals surface area contributed by atoms with Crippen LogP contribution in [0.3, 0.4) is 0 Å². The van der Waals surface area contributed by atoms with Gasteiger partial charge in [0.25, 0.3) is 0 Å². The average Bonchev–Trinajstić information content (AvgIpc) is 2.97. The molecule has 0 aliphatic heterocycles. The highest BCUT2D eigenvalue weighted by Crippen LogP contribution is 2.34. The Morgan fingerprint density at radius 3 is 2.72 bits per heavy atom. The van der Waals surface area contributed by atoms with Gasteiger partial charge in [-0.1, -0.05) is 12.8 Å². The molecule has 0 bridgehead atoms. The van der Waals surface area contributed by atoms with Crippen molar-refractivity contribution >= 4 is 5.97 Å². The molecule has 2 rings (SSSR count). The minimum atomic E-state index is -0.372. The molecule has 100 valence electrons. The first-order chi connectivity index (χ1) is 8.65. The molecule has 0 amide bonds. The number of ether oxygens (including phenoxy) is 1. The lowest BCUT2D eigenvalue weighted by Gasteiger charge is -2.22. The predicted octanol–water partition coefficient (Wildman–Crippen LogP) is 2.51. The second-order valence-corrected chi connectivity index (χ2v) is 4.95. The topological polar surface area (TPSA) is 57.0 Å². The van der Waals surface area contributed by atoms with Crippen LogP contribution in [0.25, 0.3) is 0 Å². The highest BCUT2D eigenvalue weighted by molar-refractivity contribution is 5.85. The van der Waals surface area contributed by atoms with Gasteiger partial charge in [0.05, 0.1) is 6.61 Å². The van der Waals surface area contributed by atoms with Crippen molar-refractivity contribution in [3.63, 3.8) is 0 Å². The van der Waals surface area contributed by atoms with Crippen molar-refractivity contribution in [3.05, 3.63) is 11.6 Å². The summed E-state index contributed by atoms with van der Waals surface area (Å²) in [4.78, 5) is 11.9. The van der Waals surface area contributed by atoms with E-state index in [2.05, 4.69) is 17.1 Å². The third-order valence-electron chi connectivity index (χ3n) is 3.81. The summed E-state index contributed by atoms with van der Waals surface area (Å²) in [6.45, 7) is 6.20. The molecule has 1 aromatic heterocycles. The second kappa shape index (κ2) is 5.50. The van der Waals surface area contributed by atoms with Gasteiger partial charge in [0.2, 0.25) is 5.82 Å². The van der Waals surface area contributed by atoms with Gasteiger partial charge >= 0.3 is 5.97 Å². The molecule has 5 heteroatoms. The van der Waals surface area contributed by atoms with E-state index in [0.29, 0.717) is 18.3 Å². The highest BCUT2D eigenvalue weighted by Gasteiger charge is 2.28. The van der Waals surface area contributed by atoms with Gasteiger partial charge in [-0.15, -0.1) is 10.2 Å². The lowest BCUT2D eigenvalue weighted by atomic mass is 9.99. The summed E-state index contributed by atoms with van der Waals surface area (Å²) in [5.41, 5.74) is 0. The maximum absolute atomic E-state index is 11.9. The van der Waals surface area contributed by atoms with Crippen LogP contribution in [-0.4, -0.2) is 27.3 Å². The van der Waals surface area contributed by atoms with Crippen molar-refractivity contribution in [2.75, 3.05) is 6.61 Å². The molecule has 0 saturated heterocycles. The van der Waals surface area contributed by atoms with E-state index in [1.165, 1.54) is 25.7 Å². The van der Waals surface area contributed by atoms with Gasteiger partial charge in [0.15, 0.2) is 0 Å². The Hall–Kier alpha value is -1.39. The first-order valence-corrected chi connectivity index (χ1v) is 6.73. The quantitative estimate of drug-likeness (QED) is 0.771. The Kier molecular flexibility index (Phi) is 3.99. The fraction of sp³-hybridized carbons (Fsp3) is 0.769. The monoisotopic (exact) mass is 251 g/mol. The van der Waals surface area contributed by atoms with Crippen molar-refractivity contribution < 1.29 is 9.53 Å². The summed E-state index contributed by atoms with van der Waals surface area (Å²) < 4.78 is 6.97. The summed E-state index contributed by atoms with van der Waals surface area (Å²) in [5.74, 6) is 1.38. The van der Waals surface area contributed by atoms with E-state index < -0.39 is 0 Å². The molecular weight excluding hydrogens is 230 g/mol. The number of aryl methyl sites for hydroxylation is 1. The van der Waals surface area contributed by atoms with E-state index in [4.69, 9.17) is 4.74 Å². The standard InChI is InChI=1S/C13H21N3O2/c1-4-18-13(17)12-15-14-10(3)16(12)9(2)11-7-5-6-8-11/h9,11H,4-8H2,1-3H3. The predicted molar refractivity (Wildman–Crippen MR) is 67.4 cm³/mol. The van der Waals surface area contributed by atoms with Gasteiger partial charge in [-0.05, 0) is 39.5 Å². The number of carbonyl (C=O) groups is 1. The largest absolute Gasteiger partial charge is 0.460 e. The third kappa shape index (κ3) is 2.40. The molecule has 1 aliphatic carbocycles. The molecule has 1 atom stereocenters. The molecule has 1 fully saturated rings. The van der Waals surface area contributed by atoms with Crippen LogP contribution < -0.4 is 0 Å². The summed E-state index contributed by atoms with van der Waals surface area (Å²) in [7, 11) is 0. The van der Waals surface area contributed by atoms with Crippen LogP contribution in [-0.2, 0) is 4.74 Å². The first-order valence-electron chi connectivity index (χ1n) is 6.73. The molecule has 0 N–H and O–H groups in total. The van der Waals surface area contributed by atoms with Gasteiger partial charge < -0.3 is 9.30 Å². The minimum absolute atomic E-state index is 0.266. The number of esters is 1. The lowest BCUT2D eigenvalue weighted by Crippen LogP contribution is -2.21. The SMILES string of the molecule is CCOC(=O)c1nnc(C)n1C(C)C1CCCC1. The van der Waals surface area contributed by atoms with Gasteiger partial charge in [0.1, 0.15) is 5.82 Å². The smallest absolute Gasteiger partial charge is 0.376 e. The number of rotatable bonds is 4. The summed E-state index contributed by atoms with van der Waals surface area (Å²) in [6, 6.07) is 0.266. The number of nitrogens with zero attached hydrogens (tertiary/aromatic N) is 3. The van der Waals surface area contributed by atoms with Gasteiger partial charge in [-0.2, -0.15) is 0 Å². The van der Waals surface area contributed by atoms with Crippen LogP contribution in [0.15, 0.2) is 0 Å². The molecule has 0 spiro atoms. The Balaban J connectivity index is 2.25. The number of aromatic nitrogens is 3. The van der Waals surface area contributed by atoms with Crippen molar-refractivity contribution in [2.24, 2.45) is 5.92 Å². The van der Waals surface area contributed by atoms with Crippen LogP contribution in [0.5, 0.6) is 0 Å². The van der Waals surface area contributed by atoms with Crippen LogP contribution in [0.4, 0.5) is 0 Å². The van der Waals surface area contributed by atoms with Gasteiger partial charge in [-0.3, -0.25) is 0 Å². The Labute approximate surface area is 108 Å². The van der Waals surface area contributed by atoms with Gasteiger partial charge in [-0.25, -0.2) is 4.79 Å². The zero-order valence-corrected chi connectivity index (χ0v) is 11.3. The van der Waals surface area contributed by atoms with Crippen molar-refractivity contribution in [1.82, 2.24) is 14.8 Å². The van der Waals surface area contributed by atoms with E-state index in [-0.39, 0.29) is 12.0 Å². The fourth-order valence-electron chi connectivity index (χ4n) is 2.84. The van der Waals surface area contributed by atoms with Crippen LogP contribution in [0.2, 0.25) is 0 Å². The summed E-state index contributed by atoms with van der Waals surface area (Å²) in [6.07, 6.45) is 5.01. The molecule has 1 saturated carbocycles. The molecule has 1 heterocycles. The average molecular weight is 251 g/mol. The Morgan fingerprint density at radius 1 is 1.44 bits per heavy atom. The number of carbonyl (C=O) groups excluding carboxylic acids is 1. The fourth-order valence-corrected chi connectivity index (χ4v) is 2.84. The summed E-state index contributed by atoms with van der Waals surface area (Å²) in [5, 5.41) is 7.99. The zero-order valence-electron chi connectivity index (χ0n) is 11.3. The van der Waals surface area contributed by atoms with E-state index in [0.717, 1.165) is 5.82 Å².